The molecule has 0 bridgehead atoms. The molecule has 0 saturated heterocycles. The van der Waals surface area contributed by atoms with Gasteiger partial charge in [0, 0.05) is 22.0 Å². The zero-order valence-corrected chi connectivity index (χ0v) is 41.8. The van der Waals surface area contributed by atoms with Crippen molar-refractivity contribution in [3.05, 3.63) is 161 Å². The molecule has 13 rings (SSSR count). The van der Waals surface area contributed by atoms with Gasteiger partial charge in [-0.1, -0.05) is 183 Å². The maximum atomic E-state index is 2.78. The van der Waals surface area contributed by atoms with Crippen LogP contribution >= 0.6 is 0 Å². The summed E-state index contributed by atoms with van der Waals surface area (Å²) in [6.45, 7) is 17.0. The number of rotatable bonds is 7. The average Bonchev–Trinajstić information content (AvgIpc) is 4.08. The average molecular weight is 882 g/mol. The van der Waals surface area contributed by atoms with Crippen molar-refractivity contribution in [2.75, 3.05) is 0 Å². The van der Waals surface area contributed by atoms with E-state index in [1.807, 2.05) is 13.8 Å². The van der Waals surface area contributed by atoms with Gasteiger partial charge < -0.3 is 4.57 Å². The highest BCUT2D eigenvalue weighted by molar-refractivity contribution is 6.16. The van der Waals surface area contributed by atoms with Crippen LogP contribution in [0.3, 0.4) is 0 Å². The van der Waals surface area contributed by atoms with Crippen molar-refractivity contribution in [3.63, 3.8) is 0 Å². The normalized spacial score (nSPS) is 28.8. The lowest BCUT2D eigenvalue weighted by Gasteiger charge is -2.61. The summed E-state index contributed by atoms with van der Waals surface area (Å²) in [5.74, 6) is 7.06. The van der Waals surface area contributed by atoms with Gasteiger partial charge in [-0.25, -0.2) is 0 Å². The molecule has 7 aromatic rings. The van der Waals surface area contributed by atoms with Gasteiger partial charge in [-0.3, -0.25) is 0 Å². The van der Waals surface area contributed by atoms with Crippen molar-refractivity contribution in [2.24, 2.45) is 52.3 Å². The van der Waals surface area contributed by atoms with Crippen LogP contribution in [-0.2, 0) is 5.41 Å². The third kappa shape index (κ3) is 6.17. The molecule has 6 aliphatic carbocycles. The Morgan fingerprint density at radius 2 is 1.18 bits per heavy atom. The Hall–Kier alpha value is -4.88. The molecule has 4 fully saturated rings. The summed E-state index contributed by atoms with van der Waals surface area (Å²) in [5, 5.41) is 2.67. The lowest BCUT2D eigenvalue weighted by Crippen LogP contribution is -2.53. The fraction of sp³-hybridized carbons (Fsp3) is 0.455. The summed E-state index contributed by atoms with van der Waals surface area (Å²) in [6, 6.07) is 51.8. The molecule has 6 aromatic carbocycles. The minimum absolute atomic E-state index is 0.352. The van der Waals surface area contributed by atoms with Crippen molar-refractivity contribution < 1.29 is 0 Å². The minimum Gasteiger partial charge on any atom is -0.309 e. The Morgan fingerprint density at radius 3 is 1.90 bits per heavy atom. The Labute approximate surface area is 402 Å². The summed E-state index contributed by atoms with van der Waals surface area (Å²) < 4.78 is 2.62. The molecule has 9 atom stereocenters. The van der Waals surface area contributed by atoms with Gasteiger partial charge >= 0.3 is 0 Å². The maximum Gasteiger partial charge on any atom is 0.0726 e. The van der Waals surface area contributed by atoms with Crippen LogP contribution in [0.2, 0.25) is 0 Å². The molecule has 1 heteroatoms. The second kappa shape index (κ2) is 16.4. The fourth-order valence-corrected chi connectivity index (χ4v) is 17.4. The smallest absolute Gasteiger partial charge is 0.0726 e. The zero-order chi connectivity index (χ0) is 45.8. The highest BCUT2D eigenvalue weighted by atomic mass is 15.0. The molecule has 4 saturated carbocycles. The van der Waals surface area contributed by atoms with Crippen LogP contribution in [0, 0.1) is 52.3 Å². The van der Waals surface area contributed by atoms with Gasteiger partial charge in [-0.2, -0.15) is 0 Å². The molecule has 344 valence electrons. The lowest BCUT2D eigenvalue weighted by molar-refractivity contribution is -0.117. The Morgan fingerprint density at radius 1 is 0.552 bits per heavy atom. The molecule has 0 radical (unpaired) electrons. The number of para-hydroxylation sites is 1. The van der Waals surface area contributed by atoms with Gasteiger partial charge in [0.2, 0.25) is 0 Å². The monoisotopic (exact) mass is 882 g/mol. The summed E-state index contributed by atoms with van der Waals surface area (Å²) in [6.07, 6.45) is 17.3. The van der Waals surface area contributed by atoms with Gasteiger partial charge in [-0.05, 0) is 179 Å². The predicted octanol–water partition coefficient (Wildman–Crippen LogP) is 18.4. The molecule has 0 aliphatic heterocycles. The van der Waals surface area contributed by atoms with E-state index in [9.17, 15) is 0 Å². The van der Waals surface area contributed by atoms with Crippen molar-refractivity contribution in [1.82, 2.24) is 4.57 Å². The van der Waals surface area contributed by atoms with E-state index in [0.717, 1.165) is 41.4 Å². The van der Waals surface area contributed by atoms with Crippen LogP contribution in [0.15, 0.2) is 133 Å². The number of benzene rings is 6. The van der Waals surface area contributed by atoms with E-state index in [1.54, 1.807) is 5.56 Å². The summed E-state index contributed by atoms with van der Waals surface area (Å²) in [7, 11) is 0. The van der Waals surface area contributed by atoms with Gasteiger partial charge in [0.1, 0.15) is 0 Å². The van der Waals surface area contributed by atoms with Gasteiger partial charge in [0.25, 0.3) is 0 Å². The van der Waals surface area contributed by atoms with Crippen molar-refractivity contribution in [1.29, 1.82) is 0 Å². The van der Waals surface area contributed by atoms with E-state index >= 15 is 0 Å². The van der Waals surface area contributed by atoms with E-state index in [2.05, 4.69) is 173 Å². The van der Waals surface area contributed by atoms with Crippen molar-refractivity contribution >= 4 is 21.8 Å². The number of hydrogen-bond acceptors (Lipinski definition) is 0. The van der Waals surface area contributed by atoms with Gasteiger partial charge in [-0.15, -0.1) is 0 Å². The van der Waals surface area contributed by atoms with Crippen LogP contribution in [0.5, 0.6) is 0 Å². The first-order valence-corrected chi connectivity index (χ1v) is 27.2. The van der Waals surface area contributed by atoms with E-state index in [-0.39, 0.29) is 5.41 Å². The Kier molecular flexibility index (Phi) is 10.6. The molecule has 1 spiro atoms. The van der Waals surface area contributed by atoms with Crippen LogP contribution in [0.25, 0.3) is 49.7 Å². The Bertz CT molecular complexity index is 2930. The highest BCUT2D eigenvalue weighted by Crippen LogP contribution is 2.70. The standard InChI is InChI=1S/C64H69N.C2H6/c1-40(2)15-14-16-41(3)52-33-34-53-50-30-27-44-39-43(35-37-62(44,4)54(50)36-38-63(52,53)5)42-25-28-45(29-26-42)65-59-24-13-9-19-48(59)49-31-32-58-60(61(49)65)51-20-8-12-23-57(51)64(58)55-21-10-6-17-46(55)47-18-7-11-22-56(47)64;1-2/h6-13,17-26,28-29,31-32,40-41,43-44,50,52-54H,14-16,27,30,33-39H2,1-5H3;1-2H3/t41-,43?,44+,50+,52-,53+,54+,62+,63-;/m1./s1. The molecule has 0 amide bonds. The first-order valence-electron chi connectivity index (χ1n) is 27.2. The predicted molar refractivity (Wildman–Crippen MR) is 284 cm³/mol. The second-order valence-electron chi connectivity index (χ2n) is 23.4. The molecule has 67 heavy (non-hydrogen) atoms. The van der Waals surface area contributed by atoms with E-state index < -0.39 is 0 Å². The quantitative estimate of drug-likeness (QED) is 0.150. The summed E-state index contributed by atoms with van der Waals surface area (Å²) >= 11 is 0. The molecule has 1 aromatic heterocycles. The van der Waals surface area contributed by atoms with Gasteiger partial charge in [0.15, 0.2) is 0 Å². The van der Waals surface area contributed by atoms with Crippen molar-refractivity contribution in [3.8, 4) is 27.9 Å². The number of aromatic nitrogens is 1. The van der Waals surface area contributed by atoms with Crippen LogP contribution in [0.4, 0.5) is 0 Å². The van der Waals surface area contributed by atoms with Crippen LogP contribution < -0.4 is 0 Å². The van der Waals surface area contributed by atoms with Crippen molar-refractivity contribution in [2.45, 2.75) is 137 Å². The molecular weight excluding hydrogens is 807 g/mol. The zero-order valence-electron chi connectivity index (χ0n) is 41.8. The molecular formula is C66H75N. The lowest BCUT2D eigenvalue weighted by atomic mass is 9.43. The third-order valence-electron chi connectivity index (χ3n) is 20.3. The Balaban J connectivity index is 0.00000231. The number of nitrogens with zero attached hydrogens (tertiary/aromatic N) is 1. The molecule has 0 N–H and O–H groups in total. The second-order valence-corrected chi connectivity index (χ2v) is 23.4. The van der Waals surface area contributed by atoms with Gasteiger partial charge in [0.05, 0.1) is 16.4 Å². The molecule has 1 heterocycles. The largest absolute Gasteiger partial charge is 0.309 e. The van der Waals surface area contributed by atoms with E-state index in [1.165, 1.54) is 149 Å². The third-order valence-corrected chi connectivity index (χ3v) is 20.3. The molecule has 1 nitrogen and oxygen atoms in total. The summed E-state index contributed by atoms with van der Waals surface area (Å²) in [5.41, 5.74) is 17.3. The van der Waals surface area contributed by atoms with E-state index in [0.29, 0.717) is 16.7 Å². The topological polar surface area (TPSA) is 4.93 Å². The maximum absolute atomic E-state index is 2.78. The number of fused-ring (bicyclic) bond motifs is 19. The van der Waals surface area contributed by atoms with Crippen LogP contribution in [-0.4, -0.2) is 4.57 Å². The van der Waals surface area contributed by atoms with Crippen LogP contribution in [0.1, 0.15) is 159 Å². The minimum atomic E-state index is -0.352. The highest BCUT2D eigenvalue weighted by Gasteiger charge is 2.61. The molecule has 1 unspecified atom stereocenters. The molecule has 6 aliphatic rings. The summed E-state index contributed by atoms with van der Waals surface area (Å²) in [4.78, 5) is 0. The fourth-order valence-electron chi connectivity index (χ4n) is 17.4. The first kappa shape index (κ1) is 43.4. The first-order chi connectivity index (χ1) is 32.7. The van der Waals surface area contributed by atoms with E-state index in [4.69, 9.17) is 0 Å². The SMILES string of the molecule is CC.CC(C)CCC[C@@H](C)[C@H]1CC[C@H]2[C@@H]3CC[C@H]4CC(c5ccc(-n6c7ccccc7c7ccc8c(c76)-c6ccccc6C86c7ccccc7-c7ccccc76)cc5)CC[C@]4(C)[C@H]3CC[C@]12C. The number of hydrogen-bond donors (Lipinski definition) is 0.